The molecule has 0 N–H and O–H groups in total. The van der Waals surface area contributed by atoms with Crippen LogP contribution in [0.1, 0.15) is 53.4 Å². The summed E-state index contributed by atoms with van der Waals surface area (Å²) >= 11 is 0. The fourth-order valence-electron chi connectivity index (χ4n) is 6.36. The average molecular weight is 315 g/mol. The predicted molar refractivity (Wildman–Crippen MR) is 98.0 cm³/mol. The molecule has 6 rings (SSSR count). The molecule has 4 atom stereocenters. The van der Waals surface area contributed by atoms with Gasteiger partial charge in [0.05, 0.1) is 14.1 Å². The zero-order valence-electron chi connectivity index (χ0n) is 16.2. The summed E-state index contributed by atoms with van der Waals surface area (Å²) in [7, 11) is 4.91. The highest BCUT2D eigenvalue weighted by molar-refractivity contribution is 5.25. The van der Waals surface area contributed by atoms with Gasteiger partial charge >= 0.3 is 0 Å². The third-order valence-electron chi connectivity index (χ3n) is 8.39. The van der Waals surface area contributed by atoms with Crippen LogP contribution in [0, 0.1) is 34.5 Å². The van der Waals surface area contributed by atoms with Crippen LogP contribution in [0.15, 0.2) is 23.3 Å². The maximum Gasteiger partial charge on any atom is 0.100 e. The highest BCUT2D eigenvalue weighted by atomic mass is 15.3. The largest absolute Gasteiger partial charge is 0.322 e. The van der Waals surface area contributed by atoms with Gasteiger partial charge in [-0.2, -0.15) is 0 Å². The summed E-state index contributed by atoms with van der Waals surface area (Å²) in [6.45, 7) is 12.5. The van der Waals surface area contributed by atoms with Crippen molar-refractivity contribution in [3.05, 3.63) is 23.3 Å². The summed E-state index contributed by atoms with van der Waals surface area (Å²) in [5.74, 6) is 3.65. The third-order valence-corrected chi connectivity index (χ3v) is 8.39. The van der Waals surface area contributed by atoms with Crippen molar-refractivity contribution in [2.24, 2.45) is 34.5 Å². The summed E-state index contributed by atoms with van der Waals surface area (Å²) in [4.78, 5) is 0. The lowest BCUT2D eigenvalue weighted by Crippen LogP contribution is -2.54. The molecule has 0 aromatic carbocycles. The Bertz CT molecular complexity index is 525. The van der Waals surface area contributed by atoms with Gasteiger partial charge in [-0.25, -0.2) is 0 Å². The van der Waals surface area contributed by atoms with Crippen LogP contribution >= 0.6 is 0 Å². The van der Waals surface area contributed by atoms with Crippen LogP contribution < -0.4 is 0 Å². The van der Waals surface area contributed by atoms with Crippen LogP contribution in [0.5, 0.6) is 0 Å². The molecule has 2 fully saturated rings. The first-order valence-electron chi connectivity index (χ1n) is 9.81. The van der Waals surface area contributed by atoms with Gasteiger partial charge < -0.3 is 4.48 Å². The van der Waals surface area contributed by atoms with E-state index in [1.165, 1.54) is 38.8 Å². The minimum atomic E-state index is 0.567. The molecule has 4 bridgehead atoms. The Morgan fingerprint density at radius 1 is 0.826 bits per heavy atom. The Balaban J connectivity index is 1.45. The molecule has 0 amide bonds. The highest BCUT2D eigenvalue weighted by Crippen LogP contribution is 2.60. The van der Waals surface area contributed by atoms with Crippen molar-refractivity contribution in [1.82, 2.24) is 0 Å². The van der Waals surface area contributed by atoms with Gasteiger partial charge in [0.2, 0.25) is 0 Å². The second-order valence-corrected chi connectivity index (χ2v) is 10.9. The van der Waals surface area contributed by atoms with E-state index in [0.717, 1.165) is 28.2 Å². The molecule has 1 nitrogen and oxygen atoms in total. The Morgan fingerprint density at radius 2 is 1.22 bits per heavy atom. The topological polar surface area (TPSA) is 0 Å². The van der Waals surface area contributed by atoms with Crippen molar-refractivity contribution in [1.29, 1.82) is 0 Å². The number of allylic oxidation sites excluding steroid dienone is 2. The van der Waals surface area contributed by atoms with Gasteiger partial charge in [-0.3, -0.25) is 0 Å². The van der Waals surface area contributed by atoms with Gasteiger partial charge in [0.15, 0.2) is 0 Å². The van der Waals surface area contributed by atoms with E-state index in [1.54, 1.807) is 11.1 Å². The molecule has 0 aliphatic heterocycles. The van der Waals surface area contributed by atoms with E-state index >= 15 is 0 Å². The molecule has 0 aromatic rings. The molecular weight excluding hydrogens is 278 g/mol. The minimum Gasteiger partial charge on any atom is -0.322 e. The molecule has 0 spiro atoms. The molecule has 0 radical (unpaired) electrons. The first-order chi connectivity index (χ1) is 10.6. The van der Waals surface area contributed by atoms with Crippen LogP contribution in [0.3, 0.4) is 0 Å². The second-order valence-electron chi connectivity index (χ2n) is 10.9. The number of rotatable bonds is 4. The molecule has 6 aliphatic rings. The van der Waals surface area contributed by atoms with Crippen LogP contribution in [-0.4, -0.2) is 31.7 Å². The first kappa shape index (κ1) is 15.9. The van der Waals surface area contributed by atoms with Crippen molar-refractivity contribution >= 4 is 0 Å². The summed E-state index contributed by atoms with van der Waals surface area (Å²) in [5, 5.41) is 0. The Hall–Kier alpha value is -0.560. The lowest BCUT2D eigenvalue weighted by molar-refractivity contribution is -0.881. The molecule has 6 aliphatic carbocycles. The van der Waals surface area contributed by atoms with E-state index in [2.05, 4.69) is 53.9 Å². The van der Waals surface area contributed by atoms with Crippen molar-refractivity contribution in [2.75, 3.05) is 27.2 Å². The fraction of sp³-hybridized carbons (Fsp3) is 0.818. The van der Waals surface area contributed by atoms with Crippen molar-refractivity contribution in [2.45, 2.75) is 53.4 Å². The number of nitrogens with zero attached hydrogens (tertiary/aromatic N) is 1. The Labute approximate surface area is 143 Å². The number of hydrogen-bond donors (Lipinski definition) is 0. The van der Waals surface area contributed by atoms with Gasteiger partial charge in [0, 0.05) is 0 Å². The summed E-state index contributed by atoms with van der Waals surface area (Å²) < 4.78 is 1.14. The Morgan fingerprint density at radius 3 is 1.52 bits per heavy atom. The molecule has 128 valence electrons. The molecular formula is C22H36N+. The van der Waals surface area contributed by atoms with Gasteiger partial charge in [0.25, 0.3) is 0 Å². The SMILES string of the molecule is CC1(C)C2CC=C(C[N+](C)(C)CC3=CCC4CC3C4(C)C)C1C2. The molecule has 0 heterocycles. The van der Waals surface area contributed by atoms with Gasteiger partial charge in [-0.1, -0.05) is 39.8 Å². The maximum absolute atomic E-state index is 2.60. The molecule has 0 saturated heterocycles. The second kappa shape index (κ2) is 4.75. The normalized spacial score (nSPS) is 39.7. The number of likely N-dealkylation sites (N-methyl/N-ethyl adjacent to an activating group) is 1. The van der Waals surface area contributed by atoms with E-state index in [1.807, 2.05) is 0 Å². The molecule has 4 unspecified atom stereocenters. The standard InChI is InChI=1S/C22H36N/c1-21(2)17-9-7-15(19(21)11-17)13-23(5,6)14-16-8-10-18-12-20(16)22(18,3)4/h7-8,17-20H,9-14H2,1-6H3/q+1. The van der Waals surface area contributed by atoms with Crippen LogP contribution in [0.2, 0.25) is 0 Å². The fourth-order valence-corrected chi connectivity index (χ4v) is 6.36. The average Bonchev–Trinajstić information content (AvgIpc) is 2.45. The summed E-state index contributed by atoms with van der Waals surface area (Å²) in [5.41, 5.74) is 4.67. The monoisotopic (exact) mass is 314 g/mol. The number of quaternary nitrogens is 1. The lowest BCUT2D eigenvalue weighted by Gasteiger charge is -2.58. The van der Waals surface area contributed by atoms with Crippen molar-refractivity contribution in [3.8, 4) is 0 Å². The smallest absolute Gasteiger partial charge is 0.100 e. The predicted octanol–water partition coefficient (Wildman–Crippen LogP) is 5.05. The van der Waals surface area contributed by atoms with Gasteiger partial charge in [0.1, 0.15) is 13.1 Å². The first-order valence-corrected chi connectivity index (χ1v) is 9.81. The quantitative estimate of drug-likeness (QED) is 0.503. The zero-order valence-corrected chi connectivity index (χ0v) is 16.2. The summed E-state index contributed by atoms with van der Waals surface area (Å²) in [6.07, 6.45) is 10.8. The van der Waals surface area contributed by atoms with E-state index in [-0.39, 0.29) is 0 Å². The molecule has 23 heavy (non-hydrogen) atoms. The van der Waals surface area contributed by atoms with Gasteiger partial charge in [-0.05, 0) is 71.3 Å². The van der Waals surface area contributed by atoms with E-state index in [0.29, 0.717) is 10.8 Å². The summed E-state index contributed by atoms with van der Waals surface area (Å²) in [6, 6.07) is 0. The van der Waals surface area contributed by atoms with Crippen molar-refractivity contribution < 1.29 is 4.48 Å². The Kier molecular flexibility index (Phi) is 3.29. The van der Waals surface area contributed by atoms with Crippen molar-refractivity contribution in [3.63, 3.8) is 0 Å². The molecule has 0 aromatic heterocycles. The van der Waals surface area contributed by atoms with Crippen LogP contribution in [0.4, 0.5) is 0 Å². The van der Waals surface area contributed by atoms with E-state index in [9.17, 15) is 0 Å². The minimum absolute atomic E-state index is 0.567. The molecule has 2 saturated carbocycles. The zero-order chi connectivity index (χ0) is 16.6. The number of hydrogen-bond acceptors (Lipinski definition) is 0. The highest BCUT2D eigenvalue weighted by Gasteiger charge is 2.53. The van der Waals surface area contributed by atoms with E-state index in [4.69, 9.17) is 0 Å². The number of fused-ring (bicyclic) bond motifs is 2. The van der Waals surface area contributed by atoms with Crippen LogP contribution in [-0.2, 0) is 0 Å². The third kappa shape index (κ3) is 2.29. The molecule has 1 heteroatoms. The van der Waals surface area contributed by atoms with Crippen LogP contribution in [0.25, 0.3) is 0 Å². The van der Waals surface area contributed by atoms with E-state index < -0.39 is 0 Å². The maximum atomic E-state index is 2.60. The lowest BCUT2D eigenvalue weighted by atomic mass is 9.48. The van der Waals surface area contributed by atoms with Gasteiger partial charge in [-0.15, -0.1) is 0 Å².